The number of aryl methyl sites for hydroxylation is 1. The standard InChI is InChI=1S/C18H23NO4/c1-12-13-9-7-8-10-14(13)22-15(12)18(5,11-20)19(6)16(21)23-17(2,3)4/h7-11H,1-6H3. The number of amides is 1. The van der Waals surface area contributed by atoms with Gasteiger partial charge < -0.3 is 13.9 Å². The minimum Gasteiger partial charge on any atom is -0.458 e. The number of hydrogen-bond donors (Lipinski definition) is 0. The topological polar surface area (TPSA) is 59.8 Å². The van der Waals surface area contributed by atoms with Crippen molar-refractivity contribution in [1.29, 1.82) is 0 Å². The summed E-state index contributed by atoms with van der Waals surface area (Å²) in [6.07, 6.45) is 0.133. The lowest BCUT2D eigenvalue weighted by Gasteiger charge is -2.34. The Morgan fingerprint density at radius 3 is 2.35 bits per heavy atom. The van der Waals surface area contributed by atoms with E-state index in [4.69, 9.17) is 9.15 Å². The number of hydrogen-bond acceptors (Lipinski definition) is 4. The van der Waals surface area contributed by atoms with Crippen molar-refractivity contribution in [1.82, 2.24) is 4.90 Å². The van der Waals surface area contributed by atoms with Gasteiger partial charge in [-0.2, -0.15) is 0 Å². The molecule has 1 aromatic carbocycles. The summed E-state index contributed by atoms with van der Waals surface area (Å²) >= 11 is 0. The van der Waals surface area contributed by atoms with Crippen LogP contribution in [-0.4, -0.2) is 29.9 Å². The molecule has 2 rings (SSSR count). The van der Waals surface area contributed by atoms with Gasteiger partial charge in [-0.15, -0.1) is 0 Å². The van der Waals surface area contributed by atoms with Gasteiger partial charge in [0.25, 0.3) is 0 Å². The summed E-state index contributed by atoms with van der Waals surface area (Å²) in [6.45, 7) is 8.87. The van der Waals surface area contributed by atoms with Gasteiger partial charge in [-0.1, -0.05) is 18.2 Å². The van der Waals surface area contributed by atoms with E-state index in [2.05, 4.69) is 0 Å². The van der Waals surface area contributed by atoms with Crippen LogP contribution in [0.25, 0.3) is 11.0 Å². The Kier molecular flexibility index (Phi) is 4.24. The highest BCUT2D eigenvalue weighted by molar-refractivity contribution is 5.85. The zero-order valence-electron chi connectivity index (χ0n) is 14.5. The van der Waals surface area contributed by atoms with E-state index in [9.17, 15) is 9.59 Å². The third-order valence-corrected chi connectivity index (χ3v) is 3.90. The summed E-state index contributed by atoms with van der Waals surface area (Å²) in [7, 11) is 1.54. The molecule has 1 heterocycles. The highest BCUT2D eigenvalue weighted by atomic mass is 16.6. The van der Waals surface area contributed by atoms with E-state index >= 15 is 0 Å². The number of benzene rings is 1. The van der Waals surface area contributed by atoms with Gasteiger partial charge in [-0.3, -0.25) is 4.90 Å². The van der Waals surface area contributed by atoms with Crippen LogP contribution < -0.4 is 0 Å². The second-order valence-corrected chi connectivity index (χ2v) is 6.86. The van der Waals surface area contributed by atoms with Crippen LogP contribution in [0.1, 0.15) is 39.0 Å². The quantitative estimate of drug-likeness (QED) is 0.802. The molecule has 0 aliphatic heterocycles. The highest BCUT2D eigenvalue weighted by Gasteiger charge is 2.41. The van der Waals surface area contributed by atoms with Crippen molar-refractivity contribution < 1.29 is 18.7 Å². The van der Waals surface area contributed by atoms with Crippen molar-refractivity contribution in [2.45, 2.75) is 45.8 Å². The third kappa shape index (κ3) is 3.09. The first kappa shape index (κ1) is 17.1. The number of rotatable bonds is 3. The first-order valence-corrected chi connectivity index (χ1v) is 7.52. The van der Waals surface area contributed by atoms with Gasteiger partial charge in [0.2, 0.25) is 0 Å². The van der Waals surface area contributed by atoms with Crippen molar-refractivity contribution in [2.24, 2.45) is 0 Å². The van der Waals surface area contributed by atoms with Crippen molar-refractivity contribution in [3.05, 3.63) is 35.6 Å². The van der Waals surface area contributed by atoms with E-state index in [1.807, 2.05) is 31.2 Å². The van der Waals surface area contributed by atoms with Crippen LogP contribution in [0.3, 0.4) is 0 Å². The minimum absolute atomic E-state index is 0.446. The monoisotopic (exact) mass is 317 g/mol. The lowest BCUT2D eigenvalue weighted by Crippen LogP contribution is -2.48. The average molecular weight is 317 g/mol. The SMILES string of the molecule is Cc1c(C(C)(C=O)N(C)C(=O)OC(C)(C)C)oc2ccccc12. The summed E-state index contributed by atoms with van der Waals surface area (Å²) in [4.78, 5) is 25.5. The number of ether oxygens (including phenoxy) is 1. The van der Waals surface area contributed by atoms with E-state index in [0.717, 1.165) is 10.9 Å². The second-order valence-electron chi connectivity index (χ2n) is 6.86. The molecule has 124 valence electrons. The molecule has 5 heteroatoms. The molecule has 0 spiro atoms. The first-order chi connectivity index (χ1) is 10.6. The number of likely N-dealkylation sites (N-methyl/N-ethyl adjacent to an activating group) is 1. The van der Waals surface area contributed by atoms with Gasteiger partial charge >= 0.3 is 6.09 Å². The summed E-state index contributed by atoms with van der Waals surface area (Å²) < 4.78 is 11.2. The Hall–Kier alpha value is -2.30. The predicted octanol–water partition coefficient (Wildman–Crippen LogP) is 4.02. The molecular weight excluding hydrogens is 294 g/mol. The lowest BCUT2D eigenvalue weighted by molar-refractivity contribution is -0.118. The van der Waals surface area contributed by atoms with E-state index in [0.29, 0.717) is 17.6 Å². The predicted molar refractivity (Wildman–Crippen MR) is 88.4 cm³/mol. The fourth-order valence-electron chi connectivity index (χ4n) is 2.46. The molecule has 0 aliphatic rings. The molecule has 0 aliphatic carbocycles. The molecular formula is C18H23NO4. The van der Waals surface area contributed by atoms with Gasteiger partial charge in [0, 0.05) is 18.0 Å². The van der Waals surface area contributed by atoms with E-state index in [1.165, 1.54) is 11.9 Å². The van der Waals surface area contributed by atoms with Crippen molar-refractivity contribution in [3.8, 4) is 0 Å². The van der Waals surface area contributed by atoms with Crippen LogP contribution in [0.2, 0.25) is 0 Å². The molecule has 5 nitrogen and oxygen atoms in total. The Balaban J connectivity index is 2.48. The van der Waals surface area contributed by atoms with E-state index in [1.54, 1.807) is 27.7 Å². The number of para-hydroxylation sites is 1. The number of fused-ring (bicyclic) bond motifs is 1. The number of furan rings is 1. The molecule has 1 aromatic heterocycles. The Labute approximate surface area is 136 Å². The van der Waals surface area contributed by atoms with Gasteiger partial charge in [0.15, 0.2) is 11.8 Å². The van der Waals surface area contributed by atoms with Gasteiger partial charge in [0.1, 0.15) is 16.9 Å². The zero-order chi connectivity index (χ0) is 17.4. The third-order valence-electron chi connectivity index (χ3n) is 3.90. The second kappa shape index (κ2) is 5.72. The van der Waals surface area contributed by atoms with Crippen LogP contribution in [-0.2, 0) is 15.1 Å². The highest BCUT2D eigenvalue weighted by Crippen LogP contribution is 2.35. The average Bonchev–Trinajstić information content (AvgIpc) is 2.82. The maximum atomic E-state index is 12.4. The fourth-order valence-corrected chi connectivity index (χ4v) is 2.46. The molecule has 2 aromatic rings. The number of aldehydes is 1. The summed E-state index contributed by atoms with van der Waals surface area (Å²) in [6, 6.07) is 7.54. The van der Waals surface area contributed by atoms with E-state index in [-0.39, 0.29) is 0 Å². The van der Waals surface area contributed by atoms with Crippen molar-refractivity contribution in [3.63, 3.8) is 0 Å². The van der Waals surface area contributed by atoms with Crippen LogP contribution in [0.5, 0.6) is 0 Å². The molecule has 1 unspecified atom stereocenters. The smallest absolute Gasteiger partial charge is 0.411 e. The lowest BCUT2D eigenvalue weighted by atomic mass is 9.95. The van der Waals surface area contributed by atoms with Crippen LogP contribution in [0.4, 0.5) is 4.79 Å². The Morgan fingerprint density at radius 2 is 1.83 bits per heavy atom. The molecule has 1 amide bonds. The maximum absolute atomic E-state index is 12.4. The van der Waals surface area contributed by atoms with E-state index < -0.39 is 17.2 Å². The fraction of sp³-hybridized carbons (Fsp3) is 0.444. The molecule has 0 N–H and O–H groups in total. The van der Waals surface area contributed by atoms with Crippen molar-refractivity contribution >= 4 is 23.3 Å². The summed E-state index contributed by atoms with van der Waals surface area (Å²) in [5.41, 5.74) is -0.361. The summed E-state index contributed by atoms with van der Waals surface area (Å²) in [5.74, 6) is 0.446. The van der Waals surface area contributed by atoms with Gasteiger partial charge in [-0.25, -0.2) is 4.79 Å². The number of nitrogens with zero attached hydrogens (tertiary/aromatic N) is 1. The summed E-state index contributed by atoms with van der Waals surface area (Å²) in [5, 5.41) is 0.924. The van der Waals surface area contributed by atoms with Gasteiger partial charge in [-0.05, 0) is 40.7 Å². The zero-order valence-corrected chi connectivity index (χ0v) is 14.5. The molecule has 0 radical (unpaired) electrons. The molecule has 23 heavy (non-hydrogen) atoms. The molecule has 1 atom stereocenters. The molecule has 0 fully saturated rings. The minimum atomic E-state index is -1.24. The number of carbonyl (C=O) groups is 2. The number of carbonyl (C=O) groups excluding carboxylic acids is 2. The molecule has 0 saturated carbocycles. The largest absolute Gasteiger partial charge is 0.458 e. The normalized spacial score (nSPS) is 14.3. The molecule has 0 bridgehead atoms. The Bertz CT molecular complexity index is 741. The van der Waals surface area contributed by atoms with Crippen LogP contribution in [0, 0.1) is 6.92 Å². The first-order valence-electron chi connectivity index (χ1n) is 7.52. The van der Waals surface area contributed by atoms with Gasteiger partial charge in [0.05, 0.1) is 0 Å². The van der Waals surface area contributed by atoms with Crippen molar-refractivity contribution in [2.75, 3.05) is 7.05 Å². The van der Waals surface area contributed by atoms with Crippen LogP contribution >= 0.6 is 0 Å². The molecule has 0 saturated heterocycles. The van der Waals surface area contributed by atoms with Crippen LogP contribution in [0.15, 0.2) is 28.7 Å². The Morgan fingerprint density at radius 1 is 1.22 bits per heavy atom. The maximum Gasteiger partial charge on any atom is 0.411 e.